The van der Waals surface area contributed by atoms with Gasteiger partial charge in [-0.2, -0.15) is 0 Å². The molecule has 0 radical (unpaired) electrons. The SMILES string of the molecule is CC(=O)N[C@H](CC(=O)OCC(=O)N1CCN(c2ccccc2)CC1)c1ccccc1. The van der Waals surface area contributed by atoms with Gasteiger partial charge in [-0.3, -0.25) is 14.4 Å². The number of carbonyl (C=O) groups is 3. The van der Waals surface area contributed by atoms with Crippen LogP contribution in [0.1, 0.15) is 24.9 Å². The lowest BCUT2D eigenvalue weighted by Gasteiger charge is -2.36. The van der Waals surface area contributed by atoms with Crippen LogP contribution in [0.2, 0.25) is 0 Å². The molecule has 3 rings (SSSR count). The van der Waals surface area contributed by atoms with E-state index in [1.54, 1.807) is 4.90 Å². The van der Waals surface area contributed by atoms with Crippen molar-refractivity contribution in [2.24, 2.45) is 0 Å². The number of ether oxygens (including phenoxy) is 1. The number of hydrogen-bond acceptors (Lipinski definition) is 5. The number of benzene rings is 2. The number of nitrogens with one attached hydrogen (secondary N) is 1. The van der Waals surface area contributed by atoms with Crippen molar-refractivity contribution in [3.63, 3.8) is 0 Å². The van der Waals surface area contributed by atoms with Crippen LogP contribution in [0, 0.1) is 0 Å². The number of amides is 2. The van der Waals surface area contributed by atoms with E-state index in [1.807, 2.05) is 48.5 Å². The zero-order valence-corrected chi connectivity index (χ0v) is 17.1. The predicted octanol–water partition coefficient (Wildman–Crippen LogP) is 2.15. The number of para-hydroxylation sites is 1. The molecule has 1 saturated heterocycles. The van der Waals surface area contributed by atoms with E-state index in [1.165, 1.54) is 6.92 Å². The first-order valence-corrected chi connectivity index (χ1v) is 10.1. The smallest absolute Gasteiger partial charge is 0.308 e. The van der Waals surface area contributed by atoms with Crippen LogP contribution in [0.5, 0.6) is 0 Å². The minimum atomic E-state index is -0.520. The van der Waals surface area contributed by atoms with E-state index in [2.05, 4.69) is 22.3 Å². The molecule has 1 atom stereocenters. The molecule has 0 bridgehead atoms. The van der Waals surface area contributed by atoms with Gasteiger partial charge >= 0.3 is 5.97 Å². The van der Waals surface area contributed by atoms with Crippen LogP contribution >= 0.6 is 0 Å². The Morgan fingerprint density at radius 2 is 1.53 bits per heavy atom. The highest BCUT2D eigenvalue weighted by atomic mass is 16.5. The Bertz CT molecular complexity index is 849. The predicted molar refractivity (Wildman–Crippen MR) is 114 cm³/mol. The first-order chi connectivity index (χ1) is 14.5. The summed E-state index contributed by atoms with van der Waals surface area (Å²) in [5.74, 6) is -0.954. The molecule has 1 aliphatic heterocycles. The lowest BCUT2D eigenvalue weighted by Crippen LogP contribution is -2.50. The zero-order chi connectivity index (χ0) is 21.3. The number of anilines is 1. The monoisotopic (exact) mass is 409 g/mol. The van der Waals surface area contributed by atoms with Gasteiger partial charge in [0, 0.05) is 38.8 Å². The molecule has 1 heterocycles. The van der Waals surface area contributed by atoms with Crippen molar-refractivity contribution in [1.29, 1.82) is 0 Å². The Morgan fingerprint density at radius 1 is 0.933 bits per heavy atom. The molecule has 0 unspecified atom stereocenters. The zero-order valence-electron chi connectivity index (χ0n) is 17.1. The maximum absolute atomic E-state index is 12.4. The number of esters is 1. The molecule has 2 aromatic rings. The molecule has 1 fully saturated rings. The number of rotatable bonds is 7. The van der Waals surface area contributed by atoms with Crippen LogP contribution in [-0.4, -0.2) is 55.5 Å². The van der Waals surface area contributed by atoms with Crippen LogP contribution in [-0.2, 0) is 19.1 Å². The Labute approximate surface area is 176 Å². The molecule has 0 aliphatic carbocycles. The lowest BCUT2D eigenvalue weighted by molar-refractivity contribution is -0.152. The Hall–Kier alpha value is -3.35. The number of piperazine rings is 1. The molecule has 7 nitrogen and oxygen atoms in total. The van der Waals surface area contributed by atoms with Gasteiger partial charge < -0.3 is 19.9 Å². The van der Waals surface area contributed by atoms with Gasteiger partial charge in [0.15, 0.2) is 6.61 Å². The van der Waals surface area contributed by atoms with E-state index in [-0.39, 0.29) is 24.8 Å². The van der Waals surface area contributed by atoms with E-state index in [9.17, 15) is 14.4 Å². The number of hydrogen-bond donors (Lipinski definition) is 1. The molecule has 158 valence electrons. The molecule has 30 heavy (non-hydrogen) atoms. The van der Waals surface area contributed by atoms with Crippen molar-refractivity contribution in [2.45, 2.75) is 19.4 Å². The van der Waals surface area contributed by atoms with Crippen molar-refractivity contribution >= 4 is 23.5 Å². The van der Waals surface area contributed by atoms with Gasteiger partial charge in [0.2, 0.25) is 5.91 Å². The second kappa shape index (κ2) is 10.4. The van der Waals surface area contributed by atoms with Crippen LogP contribution in [0.4, 0.5) is 5.69 Å². The highest BCUT2D eigenvalue weighted by Gasteiger charge is 2.23. The second-order valence-corrected chi connectivity index (χ2v) is 7.23. The highest BCUT2D eigenvalue weighted by molar-refractivity contribution is 5.81. The summed E-state index contributed by atoms with van der Waals surface area (Å²) in [6.07, 6.45) is -0.0291. The van der Waals surface area contributed by atoms with Crippen molar-refractivity contribution in [3.05, 3.63) is 66.2 Å². The molecule has 2 aromatic carbocycles. The Morgan fingerprint density at radius 3 is 2.13 bits per heavy atom. The van der Waals surface area contributed by atoms with Crippen molar-refractivity contribution in [1.82, 2.24) is 10.2 Å². The molecular formula is C23H27N3O4. The van der Waals surface area contributed by atoms with E-state index in [4.69, 9.17) is 4.74 Å². The third-order valence-electron chi connectivity index (χ3n) is 5.06. The van der Waals surface area contributed by atoms with Gasteiger partial charge in [0.1, 0.15) is 0 Å². The van der Waals surface area contributed by atoms with Crippen LogP contribution < -0.4 is 10.2 Å². The van der Waals surface area contributed by atoms with Crippen LogP contribution in [0.15, 0.2) is 60.7 Å². The lowest BCUT2D eigenvalue weighted by atomic mass is 10.0. The Kier molecular flexibility index (Phi) is 7.43. The molecule has 7 heteroatoms. The van der Waals surface area contributed by atoms with Crippen LogP contribution in [0.3, 0.4) is 0 Å². The average Bonchev–Trinajstić information content (AvgIpc) is 2.78. The summed E-state index contributed by atoms with van der Waals surface area (Å²) >= 11 is 0. The topological polar surface area (TPSA) is 78.9 Å². The number of carbonyl (C=O) groups excluding carboxylic acids is 3. The minimum Gasteiger partial charge on any atom is -0.455 e. The third kappa shape index (κ3) is 6.07. The van der Waals surface area contributed by atoms with Crippen LogP contribution in [0.25, 0.3) is 0 Å². The molecule has 1 aliphatic rings. The summed E-state index contributed by atoms with van der Waals surface area (Å²) in [5.41, 5.74) is 1.95. The van der Waals surface area contributed by atoms with Gasteiger partial charge in [-0.1, -0.05) is 48.5 Å². The van der Waals surface area contributed by atoms with Crippen molar-refractivity contribution in [2.75, 3.05) is 37.7 Å². The quantitative estimate of drug-likeness (QED) is 0.709. The fourth-order valence-electron chi connectivity index (χ4n) is 3.49. The molecule has 0 spiro atoms. The Balaban J connectivity index is 1.46. The van der Waals surface area contributed by atoms with Crippen molar-refractivity contribution in [3.8, 4) is 0 Å². The van der Waals surface area contributed by atoms with Gasteiger partial charge in [-0.15, -0.1) is 0 Å². The summed E-state index contributed by atoms with van der Waals surface area (Å²) in [7, 11) is 0. The van der Waals surface area contributed by atoms with E-state index in [0.717, 1.165) is 24.3 Å². The average molecular weight is 409 g/mol. The van der Waals surface area contributed by atoms with Gasteiger partial charge in [-0.05, 0) is 17.7 Å². The van der Waals surface area contributed by atoms with Gasteiger partial charge in [-0.25, -0.2) is 0 Å². The molecule has 1 N–H and O–H groups in total. The molecule has 0 aromatic heterocycles. The molecule has 2 amide bonds. The maximum Gasteiger partial charge on any atom is 0.308 e. The largest absolute Gasteiger partial charge is 0.455 e. The highest BCUT2D eigenvalue weighted by Crippen LogP contribution is 2.18. The van der Waals surface area contributed by atoms with Gasteiger partial charge in [0.25, 0.3) is 5.91 Å². The normalized spacial score (nSPS) is 14.7. The summed E-state index contributed by atoms with van der Waals surface area (Å²) in [6, 6.07) is 18.8. The maximum atomic E-state index is 12.4. The fourth-order valence-corrected chi connectivity index (χ4v) is 3.49. The summed E-state index contributed by atoms with van der Waals surface area (Å²) in [5, 5.41) is 2.76. The van der Waals surface area contributed by atoms with Crippen molar-refractivity contribution < 1.29 is 19.1 Å². The summed E-state index contributed by atoms with van der Waals surface area (Å²) in [6.45, 7) is 3.77. The van der Waals surface area contributed by atoms with Gasteiger partial charge in [0.05, 0.1) is 12.5 Å². The fraction of sp³-hybridized carbons (Fsp3) is 0.348. The summed E-state index contributed by atoms with van der Waals surface area (Å²) in [4.78, 5) is 40.1. The van der Waals surface area contributed by atoms with E-state index < -0.39 is 12.0 Å². The minimum absolute atomic E-state index is 0.0291. The molecule has 0 saturated carbocycles. The number of nitrogens with zero attached hydrogens (tertiary/aromatic N) is 2. The third-order valence-corrected chi connectivity index (χ3v) is 5.06. The molecular weight excluding hydrogens is 382 g/mol. The van der Waals surface area contributed by atoms with E-state index >= 15 is 0 Å². The van der Waals surface area contributed by atoms with E-state index in [0.29, 0.717) is 13.1 Å². The first kappa shape index (κ1) is 21.4. The first-order valence-electron chi connectivity index (χ1n) is 10.1. The standard InChI is InChI=1S/C23H27N3O4/c1-18(27)24-21(19-8-4-2-5-9-19)16-23(29)30-17-22(28)26-14-12-25(13-15-26)20-10-6-3-7-11-20/h2-11,21H,12-17H2,1H3,(H,24,27)/t21-/m1/s1. The summed E-state index contributed by atoms with van der Waals surface area (Å²) < 4.78 is 5.21. The second-order valence-electron chi connectivity index (χ2n) is 7.23.